The Morgan fingerprint density at radius 3 is 2.64 bits per heavy atom. The number of amides is 2. The maximum absolute atomic E-state index is 13.5. The van der Waals surface area contributed by atoms with Gasteiger partial charge in [-0.15, -0.1) is 0 Å². The predicted octanol–water partition coefficient (Wildman–Crippen LogP) is 5.54. The van der Waals surface area contributed by atoms with Crippen molar-refractivity contribution in [3.8, 4) is 17.2 Å². The van der Waals surface area contributed by atoms with Gasteiger partial charge in [0.1, 0.15) is 17.5 Å². The molecule has 4 heterocycles. The molecule has 2 unspecified atom stereocenters. The zero-order chi connectivity index (χ0) is 33.0. The van der Waals surface area contributed by atoms with Crippen LogP contribution in [0.2, 0.25) is 0 Å². The molecule has 0 spiro atoms. The molecule has 4 aromatic rings. The van der Waals surface area contributed by atoms with Crippen LogP contribution < -0.4 is 20.4 Å². The first-order valence-electron chi connectivity index (χ1n) is 16.3. The van der Waals surface area contributed by atoms with E-state index in [1.165, 1.54) is 0 Å². The van der Waals surface area contributed by atoms with Crippen molar-refractivity contribution in [1.29, 1.82) is 5.26 Å². The summed E-state index contributed by atoms with van der Waals surface area (Å²) in [5.41, 5.74) is 3.41. The van der Waals surface area contributed by atoms with Crippen molar-refractivity contribution in [1.82, 2.24) is 30.0 Å². The van der Waals surface area contributed by atoms with Crippen LogP contribution >= 0.6 is 0 Å². The highest BCUT2D eigenvalue weighted by Crippen LogP contribution is 2.25. The minimum Gasteiger partial charge on any atom is -0.380 e. The van der Waals surface area contributed by atoms with Crippen LogP contribution in [0.1, 0.15) is 56.6 Å². The smallest absolute Gasteiger partial charge is 0.323 e. The predicted molar refractivity (Wildman–Crippen MR) is 183 cm³/mol. The van der Waals surface area contributed by atoms with E-state index < -0.39 is 0 Å². The number of aryl methyl sites for hydroxylation is 1. The zero-order valence-electron chi connectivity index (χ0n) is 27.5. The van der Waals surface area contributed by atoms with Gasteiger partial charge in [-0.05, 0) is 49.8 Å². The lowest BCUT2D eigenvalue weighted by molar-refractivity contribution is 0.121. The molecule has 2 N–H and O–H groups in total. The number of carbonyl (C=O) groups is 1. The number of rotatable bonds is 15. The first-order chi connectivity index (χ1) is 23.0. The summed E-state index contributed by atoms with van der Waals surface area (Å²) in [5, 5.41) is 20.5. The van der Waals surface area contributed by atoms with Gasteiger partial charge in [-0.25, -0.2) is 14.8 Å². The molecule has 2 atom stereocenters. The topological polar surface area (TPSA) is 137 Å². The molecule has 246 valence electrons. The highest BCUT2D eigenvalue weighted by molar-refractivity contribution is 5.91. The lowest BCUT2D eigenvalue weighted by Crippen LogP contribution is -2.41. The summed E-state index contributed by atoms with van der Waals surface area (Å²) in [6, 6.07) is 15.9. The summed E-state index contributed by atoms with van der Waals surface area (Å²) in [6.45, 7) is 4.61. The second-order valence-electron chi connectivity index (χ2n) is 11.9. The molecule has 1 aliphatic heterocycles. The monoisotopic (exact) mass is 636 g/mol. The van der Waals surface area contributed by atoms with E-state index >= 15 is 0 Å². The van der Waals surface area contributed by atoms with E-state index in [1.54, 1.807) is 35.3 Å². The molecule has 2 amide bonds. The van der Waals surface area contributed by atoms with Gasteiger partial charge in [-0.1, -0.05) is 43.7 Å². The number of urea groups is 1. The number of nitrogens with one attached hydrogen (secondary N) is 2. The average molecular weight is 637 g/mol. The van der Waals surface area contributed by atoms with Gasteiger partial charge in [0.15, 0.2) is 5.82 Å². The van der Waals surface area contributed by atoms with Crippen LogP contribution in [0.5, 0.6) is 0 Å². The highest BCUT2D eigenvalue weighted by atomic mass is 16.5. The van der Waals surface area contributed by atoms with Gasteiger partial charge in [-0.3, -0.25) is 9.58 Å². The van der Waals surface area contributed by atoms with Crippen molar-refractivity contribution in [2.24, 2.45) is 7.05 Å². The molecule has 1 aromatic carbocycles. The summed E-state index contributed by atoms with van der Waals surface area (Å²) in [7, 11) is 3.60. The maximum atomic E-state index is 13.5. The molecule has 0 bridgehead atoms. The minimum atomic E-state index is -0.185. The van der Waals surface area contributed by atoms with E-state index in [-0.39, 0.29) is 18.2 Å². The summed E-state index contributed by atoms with van der Waals surface area (Å²) < 4.78 is 7.27. The molecule has 1 saturated heterocycles. The number of pyridine rings is 1. The molecule has 47 heavy (non-hydrogen) atoms. The fourth-order valence-corrected chi connectivity index (χ4v) is 5.83. The van der Waals surface area contributed by atoms with Crippen molar-refractivity contribution in [2.45, 2.75) is 64.1 Å². The number of aromatic nitrogens is 5. The number of hydrogen-bond donors (Lipinski definition) is 2. The van der Waals surface area contributed by atoms with Gasteiger partial charge in [0.05, 0.1) is 18.5 Å². The number of unbranched alkanes of at least 4 members (excludes halogenated alkanes) is 1. The fourth-order valence-electron chi connectivity index (χ4n) is 5.83. The van der Waals surface area contributed by atoms with Crippen LogP contribution in [0.15, 0.2) is 67.3 Å². The summed E-state index contributed by atoms with van der Waals surface area (Å²) >= 11 is 0. The normalized spacial score (nSPS) is 14.9. The molecule has 0 radical (unpaired) electrons. The van der Waals surface area contributed by atoms with Gasteiger partial charge in [0.25, 0.3) is 0 Å². The van der Waals surface area contributed by atoms with Crippen molar-refractivity contribution in [2.75, 3.05) is 41.9 Å². The highest BCUT2D eigenvalue weighted by Gasteiger charge is 2.26. The molecule has 3 aromatic heterocycles. The number of anilines is 3. The fraction of sp³-hybridized carbons (Fsp3) is 0.429. The van der Waals surface area contributed by atoms with E-state index in [9.17, 15) is 10.1 Å². The van der Waals surface area contributed by atoms with Gasteiger partial charge in [-0.2, -0.15) is 15.3 Å². The number of methoxy groups -OCH3 is 1. The van der Waals surface area contributed by atoms with Crippen LogP contribution in [0, 0.1) is 11.3 Å². The van der Waals surface area contributed by atoms with E-state index in [0.717, 1.165) is 61.8 Å². The van der Waals surface area contributed by atoms with Crippen molar-refractivity contribution in [3.63, 3.8) is 0 Å². The third kappa shape index (κ3) is 9.04. The van der Waals surface area contributed by atoms with Crippen LogP contribution in [-0.4, -0.2) is 69.7 Å². The second-order valence-corrected chi connectivity index (χ2v) is 11.9. The van der Waals surface area contributed by atoms with Crippen molar-refractivity contribution < 1.29 is 9.53 Å². The Kier molecular flexibility index (Phi) is 11.7. The van der Waals surface area contributed by atoms with Gasteiger partial charge in [0, 0.05) is 69.9 Å². The zero-order valence-corrected chi connectivity index (χ0v) is 27.5. The lowest BCUT2D eigenvalue weighted by atomic mass is 10.0. The molecular weight excluding hydrogens is 592 g/mol. The summed E-state index contributed by atoms with van der Waals surface area (Å²) in [5.74, 6) is 1.78. The van der Waals surface area contributed by atoms with E-state index in [0.29, 0.717) is 42.8 Å². The number of benzene rings is 1. The largest absolute Gasteiger partial charge is 0.380 e. The lowest BCUT2D eigenvalue weighted by Gasteiger charge is -2.24. The van der Waals surface area contributed by atoms with E-state index in [1.807, 2.05) is 55.7 Å². The number of carbonyl (C=O) groups excluding carboxylic acids is 1. The number of hydrogen-bond acceptors (Lipinski definition) is 9. The Morgan fingerprint density at radius 1 is 1.11 bits per heavy atom. The molecule has 5 rings (SSSR count). The van der Waals surface area contributed by atoms with Crippen LogP contribution in [0.4, 0.5) is 22.4 Å². The third-order valence-electron chi connectivity index (χ3n) is 8.42. The Bertz CT molecular complexity index is 1620. The van der Waals surface area contributed by atoms with Crippen LogP contribution in [0.3, 0.4) is 0 Å². The Balaban J connectivity index is 1.22. The SMILES string of the molecule is CCCC(CCCCN(C(=O)NCc1ccccc1)c1ccc(-c2cnn(C)c2)cn1)Nc1ncc(C#N)c(N2CCC(OC)C2)n1. The molecule has 0 aliphatic carbocycles. The number of nitriles is 1. The minimum absolute atomic E-state index is 0.134. The second kappa shape index (κ2) is 16.5. The number of nitrogens with zero attached hydrogens (tertiary/aromatic N) is 8. The Labute approximate surface area is 276 Å². The van der Waals surface area contributed by atoms with Crippen LogP contribution in [-0.2, 0) is 18.3 Å². The molecule has 12 heteroatoms. The Hall–Kier alpha value is -5.02. The van der Waals surface area contributed by atoms with Crippen LogP contribution in [0.25, 0.3) is 11.1 Å². The molecule has 12 nitrogen and oxygen atoms in total. The van der Waals surface area contributed by atoms with Gasteiger partial charge >= 0.3 is 6.03 Å². The number of ether oxygens (including phenoxy) is 1. The molecular formula is C35H44N10O2. The van der Waals surface area contributed by atoms with Crippen molar-refractivity contribution in [3.05, 3.63) is 78.4 Å². The van der Waals surface area contributed by atoms with Crippen molar-refractivity contribution >= 4 is 23.6 Å². The standard InChI is InChI=1S/C35H44N10O2/c1-4-10-30(41-34-38-22-28(19-36)33(42-34)44-18-16-31(25-44)47-3)13-8-9-17-45(35(46)39-20-26-11-6-5-7-12-26)32-15-14-27(21-37-32)29-23-40-43(2)24-29/h5-7,11-12,14-15,21-24,30-31H,4,8-10,13,16-18,20,25H2,1-3H3,(H,39,46)(H,38,41,42). The van der Waals surface area contributed by atoms with E-state index in [4.69, 9.17) is 9.72 Å². The first kappa shape index (κ1) is 33.3. The molecule has 1 aliphatic rings. The summed E-state index contributed by atoms with van der Waals surface area (Å²) in [4.78, 5) is 31.2. The maximum Gasteiger partial charge on any atom is 0.323 e. The van der Waals surface area contributed by atoms with Gasteiger partial charge < -0.3 is 20.3 Å². The third-order valence-corrected chi connectivity index (χ3v) is 8.42. The molecule has 1 fully saturated rings. The summed E-state index contributed by atoms with van der Waals surface area (Å²) in [6.07, 6.45) is 12.7. The van der Waals surface area contributed by atoms with Gasteiger partial charge in [0.2, 0.25) is 5.95 Å². The first-order valence-corrected chi connectivity index (χ1v) is 16.3. The Morgan fingerprint density at radius 2 is 1.96 bits per heavy atom. The quantitative estimate of drug-likeness (QED) is 0.161. The average Bonchev–Trinajstić information content (AvgIpc) is 3.77. The van der Waals surface area contributed by atoms with E-state index in [2.05, 4.69) is 43.6 Å². The molecule has 0 saturated carbocycles.